The first-order valence-electron chi connectivity index (χ1n) is 5.64. The Morgan fingerprint density at radius 2 is 2.06 bits per heavy atom. The Labute approximate surface area is 102 Å². The molecule has 0 N–H and O–H groups in total. The zero-order chi connectivity index (χ0) is 12.5. The summed E-state index contributed by atoms with van der Waals surface area (Å²) in [7, 11) is 0. The van der Waals surface area contributed by atoms with Crippen LogP contribution in [0.25, 0.3) is 0 Å². The highest BCUT2D eigenvalue weighted by Gasteiger charge is 1.97. The van der Waals surface area contributed by atoms with Crippen LogP contribution >= 0.6 is 0 Å². The molecule has 1 rings (SSSR count). The van der Waals surface area contributed by atoms with Crippen LogP contribution in [0.3, 0.4) is 0 Å². The molecule has 0 amide bonds. The molecule has 0 heterocycles. The Hall–Kier alpha value is -1.61. The van der Waals surface area contributed by atoms with Gasteiger partial charge in [0.15, 0.2) is 0 Å². The molecule has 0 aromatic heterocycles. The Morgan fingerprint density at radius 3 is 2.71 bits per heavy atom. The van der Waals surface area contributed by atoms with E-state index >= 15 is 0 Å². The number of benzene rings is 1. The van der Waals surface area contributed by atoms with Crippen molar-refractivity contribution in [1.29, 1.82) is 0 Å². The van der Waals surface area contributed by atoms with E-state index in [-0.39, 0.29) is 12.1 Å². The van der Waals surface area contributed by atoms with Crippen LogP contribution in [0.15, 0.2) is 42.5 Å². The van der Waals surface area contributed by atoms with E-state index in [2.05, 4.69) is 0 Å². The second-order valence-electron chi connectivity index (χ2n) is 3.73. The van der Waals surface area contributed by atoms with Crippen molar-refractivity contribution in [3.05, 3.63) is 48.0 Å². The van der Waals surface area contributed by atoms with E-state index in [1.165, 1.54) is 6.92 Å². The standard InChI is InChI=1S/C14H18O3/c1-12(7-6-10-16-13(2)15)17-11-14-8-4-3-5-9-14/h3-9,12H,10-11H2,1-2H3/b7-6+/t12-/m0/s1. The zero-order valence-corrected chi connectivity index (χ0v) is 10.3. The molecule has 1 aromatic carbocycles. The predicted molar refractivity (Wildman–Crippen MR) is 66.5 cm³/mol. The number of hydrogen-bond donors (Lipinski definition) is 0. The van der Waals surface area contributed by atoms with Crippen LogP contribution in [0.2, 0.25) is 0 Å². The van der Waals surface area contributed by atoms with Crippen molar-refractivity contribution in [2.75, 3.05) is 6.61 Å². The quantitative estimate of drug-likeness (QED) is 0.561. The molecule has 17 heavy (non-hydrogen) atoms. The summed E-state index contributed by atoms with van der Waals surface area (Å²) < 4.78 is 10.4. The van der Waals surface area contributed by atoms with Crippen molar-refractivity contribution >= 4 is 5.97 Å². The average Bonchev–Trinajstić information content (AvgIpc) is 2.33. The number of esters is 1. The molecule has 0 saturated carbocycles. The van der Waals surface area contributed by atoms with E-state index in [1.807, 2.05) is 43.3 Å². The topological polar surface area (TPSA) is 35.5 Å². The van der Waals surface area contributed by atoms with Gasteiger partial charge in [-0.15, -0.1) is 0 Å². The number of ether oxygens (including phenoxy) is 2. The van der Waals surface area contributed by atoms with Gasteiger partial charge in [-0.3, -0.25) is 4.79 Å². The summed E-state index contributed by atoms with van der Waals surface area (Å²) in [6.45, 7) is 4.23. The summed E-state index contributed by atoms with van der Waals surface area (Å²) in [5, 5.41) is 0. The molecule has 0 aliphatic rings. The van der Waals surface area contributed by atoms with Crippen LogP contribution in [-0.4, -0.2) is 18.7 Å². The average molecular weight is 234 g/mol. The second-order valence-corrected chi connectivity index (χ2v) is 3.73. The summed E-state index contributed by atoms with van der Waals surface area (Å²) in [6, 6.07) is 10.00. The van der Waals surface area contributed by atoms with Crippen LogP contribution in [0.1, 0.15) is 19.4 Å². The highest BCUT2D eigenvalue weighted by Crippen LogP contribution is 2.03. The third kappa shape index (κ3) is 6.53. The first-order chi connectivity index (χ1) is 8.18. The molecule has 92 valence electrons. The highest BCUT2D eigenvalue weighted by molar-refractivity contribution is 5.65. The van der Waals surface area contributed by atoms with E-state index in [4.69, 9.17) is 9.47 Å². The SMILES string of the molecule is CC(=O)OC/C=C/[C@H](C)OCc1ccccc1. The van der Waals surface area contributed by atoms with Gasteiger partial charge in [-0.25, -0.2) is 0 Å². The largest absolute Gasteiger partial charge is 0.462 e. The van der Waals surface area contributed by atoms with E-state index in [9.17, 15) is 4.79 Å². The number of hydrogen-bond acceptors (Lipinski definition) is 3. The summed E-state index contributed by atoms with van der Waals surface area (Å²) in [6.07, 6.45) is 3.67. The van der Waals surface area contributed by atoms with Crippen molar-refractivity contribution in [2.45, 2.75) is 26.6 Å². The first-order valence-corrected chi connectivity index (χ1v) is 5.64. The lowest BCUT2D eigenvalue weighted by Crippen LogP contribution is -2.05. The summed E-state index contributed by atoms with van der Waals surface area (Å²) in [4.78, 5) is 10.5. The van der Waals surface area contributed by atoms with Gasteiger partial charge in [-0.2, -0.15) is 0 Å². The normalized spacial score (nSPS) is 12.6. The van der Waals surface area contributed by atoms with Crippen molar-refractivity contribution in [2.24, 2.45) is 0 Å². The molecule has 0 unspecified atom stereocenters. The van der Waals surface area contributed by atoms with Gasteiger partial charge in [0, 0.05) is 6.92 Å². The zero-order valence-electron chi connectivity index (χ0n) is 10.3. The van der Waals surface area contributed by atoms with Gasteiger partial charge in [0.05, 0.1) is 12.7 Å². The molecule has 0 aliphatic carbocycles. The van der Waals surface area contributed by atoms with Crippen LogP contribution < -0.4 is 0 Å². The molecule has 1 atom stereocenters. The van der Waals surface area contributed by atoms with Crippen molar-refractivity contribution < 1.29 is 14.3 Å². The van der Waals surface area contributed by atoms with E-state index in [0.717, 1.165) is 5.56 Å². The molecular formula is C14H18O3. The first kappa shape index (κ1) is 13.5. The van der Waals surface area contributed by atoms with Crippen LogP contribution in [0, 0.1) is 0 Å². The summed E-state index contributed by atoms with van der Waals surface area (Å²) >= 11 is 0. The fourth-order valence-corrected chi connectivity index (χ4v) is 1.27. The van der Waals surface area contributed by atoms with Gasteiger partial charge < -0.3 is 9.47 Å². The van der Waals surface area contributed by atoms with Crippen LogP contribution in [-0.2, 0) is 20.9 Å². The molecule has 1 aromatic rings. The molecular weight excluding hydrogens is 216 g/mol. The maximum atomic E-state index is 10.5. The van der Waals surface area contributed by atoms with Gasteiger partial charge in [0.2, 0.25) is 0 Å². The smallest absolute Gasteiger partial charge is 0.302 e. The number of carbonyl (C=O) groups is 1. The maximum Gasteiger partial charge on any atom is 0.302 e. The monoisotopic (exact) mass is 234 g/mol. The Kier molecular flexibility index (Phi) is 6.04. The van der Waals surface area contributed by atoms with Gasteiger partial charge in [0.1, 0.15) is 6.61 Å². The minimum atomic E-state index is -0.271. The van der Waals surface area contributed by atoms with Crippen LogP contribution in [0.5, 0.6) is 0 Å². The third-order valence-corrected chi connectivity index (χ3v) is 2.15. The van der Waals surface area contributed by atoms with Crippen molar-refractivity contribution in [1.82, 2.24) is 0 Å². The predicted octanol–water partition coefficient (Wildman–Crippen LogP) is 2.71. The number of carbonyl (C=O) groups excluding carboxylic acids is 1. The molecule has 0 saturated heterocycles. The Balaban J connectivity index is 2.21. The maximum absolute atomic E-state index is 10.5. The second kappa shape index (κ2) is 7.63. The molecule has 0 fully saturated rings. The van der Waals surface area contributed by atoms with Gasteiger partial charge in [-0.1, -0.05) is 36.4 Å². The van der Waals surface area contributed by atoms with Crippen LogP contribution in [0.4, 0.5) is 0 Å². The Morgan fingerprint density at radius 1 is 1.35 bits per heavy atom. The fourth-order valence-electron chi connectivity index (χ4n) is 1.27. The molecule has 0 spiro atoms. The van der Waals surface area contributed by atoms with E-state index in [0.29, 0.717) is 13.2 Å². The Bertz CT molecular complexity index is 357. The highest BCUT2D eigenvalue weighted by atomic mass is 16.5. The minimum Gasteiger partial charge on any atom is -0.462 e. The van der Waals surface area contributed by atoms with E-state index in [1.54, 1.807) is 6.08 Å². The lowest BCUT2D eigenvalue weighted by Gasteiger charge is -2.08. The van der Waals surface area contributed by atoms with Gasteiger partial charge in [-0.05, 0) is 18.6 Å². The molecule has 0 radical (unpaired) electrons. The lowest BCUT2D eigenvalue weighted by molar-refractivity contribution is -0.139. The van der Waals surface area contributed by atoms with Gasteiger partial charge in [0.25, 0.3) is 0 Å². The summed E-state index contributed by atoms with van der Waals surface area (Å²) in [5.74, 6) is -0.271. The van der Waals surface area contributed by atoms with Crippen molar-refractivity contribution in [3.63, 3.8) is 0 Å². The lowest BCUT2D eigenvalue weighted by atomic mass is 10.2. The molecule has 0 bridgehead atoms. The van der Waals surface area contributed by atoms with Crippen molar-refractivity contribution in [3.8, 4) is 0 Å². The molecule has 0 aliphatic heterocycles. The number of rotatable bonds is 6. The van der Waals surface area contributed by atoms with Gasteiger partial charge >= 0.3 is 5.97 Å². The third-order valence-electron chi connectivity index (χ3n) is 2.15. The minimum absolute atomic E-state index is 0.00534. The molecule has 3 nitrogen and oxygen atoms in total. The summed E-state index contributed by atoms with van der Waals surface area (Å²) in [5.41, 5.74) is 1.15. The fraction of sp³-hybridized carbons (Fsp3) is 0.357. The molecule has 3 heteroatoms. The van der Waals surface area contributed by atoms with E-state index < -0.39 is 0 Å².